The first-order valence-corrected chi connectivity index (χ1v) is 11.9. The zero-order valence-electron chi connectivity index (χ0n) is 18.0. The lowest BCUT2D eigenvalue weighted by atomic mass is 9.74. The number of piperidine rings is 1. The molecule has 2 aromatic carbocycles. The predicted molar refractivity (Wildman–Crippen MR) is 126 cm³/mol. The second-order valence-corrected chi connectivity index (χ2v) is 9.59. The average molecular weight is 475 g/mol. The summed E-state index contributed by atoms with van der Waals surface area (Å²) >= 11 is 12.0. The second kappa shape index (κ2) is 10.2. The van der Waals surface area contributed by atoms with E-state index in [4.69, 9.17) is 27.9 Å². The minimum absolute atomic E-state index is 0.0124. The third kappa shape index (κ3) is 5.28. The van der Waals surface area contributed by atoms with Crippen molar-refractivity contribution in [2.45, 2.75) is 31.1 Å². The van der Waals surface area contributed by atoms with E-state index in [0.717, 1.165) is 25.7 Å². The Hall–Kier alpha value is -2.08. The fourth-order valence-corrected chi connectivity index (χ4v) is 4.94. The van der Waals surface area contributed by atoms with Crippen LogP contribution in [0.3, 0.4) is 0 Å². The van der Waals surface area contributed by atoms with Gasteiger partial charge in [0.05, 0.1) is 5.92 Å². The molecule has 2 aromatic rings. The second-order valence-electron chi connectivity index (χ2n) is 8.71. The molecule has 0 spiro atoms. The van der Waals surface area contributed by atoms with E-state index in [1.165, 1.54) is 5.56 Å². The highest BCUT2D eigenvalue weighted by Gasteiger charge is 2.36. The number of rotatable bonds is 5. The summed E-state index contributed by atoms with van der Waals surface area (Å²) in [5.74, 6) is -0.248. The molecule has 1 unspecified atom stereocenters. The molecule has 2 amide bonds. The number of likely N-dealkylation sites (tertiary alicyclic amines) is 1. The lowest BCUT2D eigenvalue weighted by molar-refractivity contribution is -0.126. The van der Waals surface area contributed by atoms with Gasteiger partial charge in [0.2, 0.25) is 5.91 Å². The van der Waals surface area contributed by atoms with E-state index in [9.17, 15) is 9.59 Å². The van der Waals surface area contributed by atoms with Gasteiger partial charge in [-0.05, 0) is 67.6 Å². The molecule has 2 heterocycles. The Labute approximate surface area is 199 Å². The van der Waals surface area contributed by atoms with Crippen LogP contribution in [0, 0.1) is 5.92 Å². The van der Waals surface area contributed by atoms with Gasteiger partial charge in [0, 0.05) is 53.9 Å². The van der Waals surface area contributed by atoms with Gasteiger partial charge in [0.25, 0.3) is 5.91 Å². The van der Waals surface area contributed by atoms with Crippen LogP contribution in [0.2, 0.25) is 10.0 Å². The number of nitrogens with zero attached hydrogens (tertiary/aromatic N) is 1. The molecular formula is C25H28Cl2N2O3. The summed E-state index contributed by atoms with van der Waals surface area (Å²) in [5, 5.41) is 4.50. The molecule has 2 fully saturated rings. The van der Waals surface area contributed by atoms with Crippen molar-refractivity contribution < 1.29 is 14.3 Å². The number of amides is 2. The number of ether oxygens (including phenoxy) is 1. The number of nitrogens with one attached hydrogen (secondary N) is 1. The predicted octanol–water partition coefficient (Wildman–Crippen LogP) is 4.71. The van der Waals surface area contributed by atoms with Crippen LogP contribution in [0.1, 0.15) is 41.6 Å². The number of halogens is 2. The summed E-state index contributed by atoms with van der Waals surface area (Å²) < 4.78 is 5.59. The van der Waals surface area contributed by atoms with Crippen LogP contribution in [-0.4, -0.2) is 49.6 Å². The van der Waals surface area contributed by atoms with E-state index in [0.29, 0.717) is 48.5 Å². The van der Waals surface area contributed by atoms with E-state index in [2.05, 4.69) is 5.32 Å². The monoisotopic (exact) mass is 474 g/mol. The van der Waals surface area contributed by atoms with Crippen LogP contribution in [0.15, 0.2) is 48.5 Å². The van der Waals surface area contributed by atoms with Gasteiger partial charge in [-0.25, -0.2) is 0 Å². The van der Waals surface area contributed by atoms with E-state index in [1.807, 2.05) is 24.3 Å². The highest BCUT2D eigenvalue weighted by molar-refractivity contribution is 6.30. The molecule has 5 nitrogen and oxygen atoms in total. The SMILES string of the molecule is O=C(NCC1(c2ccc(Cl)cc2)CCOCC1)C1CCCN(C(=O)c2ccc(Cl)cc2)C1. The number of hydrogen-bond acceptors (Lipinski definition) is 3. The van der Waals surface area contributed by atoms with E-state index in [-0.39, 0.29) is 23.1 Å². The van der Waals surface area contributed by atoms with Gasteiger partial charge in [0.1, 0.15) is 0 Å². The topological polar surface area (TPSA) is 58.6 Å². The Bertz CT molecular complexity index is 941. The molecule has 0 aliphatic carbocycles. The van der Waals surface area contributed by atoms with Crippen molar-refractivity contribution in [2.24, 2.45) is 5.92 Å². The van der Waals surface area contributed by atoms with Crippen molar-refractivity contribution in [1.29, 1.82) is 0 Å². The van der Waals surface area contributed by atoms with Crippen molar-refractivity contribution in [3.8, 4) is 0 Å². The van der Waals surface area contributed by atoms with Gasteiger partial charge in [-0.1, -0.05) is 35.3 Å². The van der Waals surface area contributed by atoms with Gasteiger partial charge in [-0.3, -0.25) is 9.59 Å². The molecule has 170 valence electrons. The molecule has 0 saturated carbocycles. The molecule has 7 heteroatoms. The first-order chi connectivity index (χ1) is 15.5. The standard InChI is InChI=1S/C25H28Cl2N2O3/c26-21-7-3-18(4-8-21)24(31)29-13-1-2-19(16-29)23(30)28-17-25(11-14-32-15-12-25)20-5-9-22(27)10-6-20/h3-10,19H,1-2,11-17H2,(H,28,30). The van der Waals surface area contributed by atoms with Gasteiger partial charge in [-0.15, -0.1) is 0 Å². The minimum Gasteiger partial charge on any atom is -0.381 e. The molecule has 1 atom stereocenters. The molecule has 2 aliphatic heterocycles. The Kier molecular flexibility index (Phi) is 7.39. The normalized spacial score (nSPS) is 20.6. The first-order valence-electron chi connectivity index (χ1n) is 11.1. The maximum absolute atomic E-state index is 13.1. The Balaban J connectivity index is 1.40. The summed E-state index contributed by atoms with van der Waals surface area (Å²) in [4.78, 5) is 27.8. The number of benzene rings is 2. The zero-order valence-corrected chi connectivity index (χ0v) is 19.5. The molecule has 2 aliphatic rings. The summed E-state index contributed by atoms with van der Waals surface area (Å²) in [7, 11) is 0. The molecule has 1 N–H and O–H groups in total. The molecule has 2 saturated heterocycles. The maximum atomic E-state index is 13.1. The van der Waals surface area contributed by atoms with Gasteiger partial charge < -0.3 is 15.0 Å². The van der Waals surface area contributed by atoms with Crippen LogP contribution in [0.5, 0.6) is 0 Å². The van der Waals surface area contributed by atoms with Crippen molar-refractivity contribution >= 4 is 35.0 Å². The summed E-state index contributed by atoms with van der Waals surface area (Å²) in [5.41, 5.74) is 1.61. The Morgan fingerprint density at radius 1 is 1.00 bits per heavy atom. The molecule has 0 radical (unpaired) electrons. The average Bonchev–Trinajstić information content (AvgIpc) is 2.83. The van der Waals surface area contributed by atoms with Crippen LogP contribution in [0.4, 0.5) is 0 Å². The summed E-state index contributed by atoms with van der Waals surface area (Å²) in [6.45, 7) is 3.00. The Morgan fingerprint density at radius 2 is 1.62 bits per heavy atom. The van der Waals surface area contributed by atoms with Crippen molar-refractivity contribution in [1.82, 2.24) is 10.2 Å². The van der Waals surface area contributed by atoms with Crippen LogP contribution < -0.4 is 5.32 Å². The van der Waals surface area contributed by atoms with Gasteiger partial charge >= 0.3 is 0 Å². The summed E-state index contributed by atoms with van der Waals surface area (Å²) in [6, 6.07) is 14.8. The number of carbonyl (C=O) groups is 2. The lowest BCUT2D eigenvalue weighted by Crippen LogP contribution is -2.49. The van der Waals surface area contributed by atoms with Crippen LogP contribution >= 0.6 is 23.2 Å². The number of carbonyl (C=O) groups excluding carboxylic acids is 2. The van der Waals surface area contributed by atoms with Crippen molar-refractivity contribution in [3.05, 3.63) is 69.7 Å². The highest BCUT2D eigenvalue weighted by atomic mass is 35.5. The minimum atomic E-state index is -0.206. The highest BCUT2D eigenvalue weighted by Crippen LogP contribution is 2.35. The first kappa shape index (κ1) is 23.1. The molecule has 0 bridgehead atoms. The number of hydrogen-bond donors (Lipinski definition) is 1. The molecule has 4 rings (SSSR count). The van der Waals surface area contributed by atoms with E-state index < -0.39 is 0 Å². The maximum Gasteiger partial charge on any atom is 0.253 e. The third-order valence-electron chi connectivity index (χ3n) is 6.68. The molecule has 0 aromatic heterocycles. The van der Waals surface area contributed by atoms with E-state index in [1.54, 1.807) is 29.2 Å². The van der Waals surface area contributed by atoms with Crippen LogP contribution in [0.25, 0.3) is 0 Å². The largest absolute Gasteiger partial charge is 0.381 e. The van der Waals surface area contributed by atoms with Crippen molar-refractivity contribution in [2.75, 3.05) is 32.8 Å². The lowest BCUT2D eigenvalue weighted by Gasteiger charge is -2.39. The third-order valence-corrected chi connectivity index (χ3v) is 7.18. The zero-order chi connectivity index (χ0) is 22.6. The Morgan fingerprint density at radius 3 is 2.28 bits per heavy atom. The van der Waals surface area contributed by atoms with Crippen molar-refractivity contribution in [3.63, 3.8) is 0 Å². The quantitative estimate of drug-likeness (QED) is 0.682. The smallest absolute Gasteiger partial charge is 0.253 e. The van der Waals surface area contributed by atoms with E-state index >= 15 is 0 Å². The summed E-state index contributed by atoms with van der Waals surface area (Å²) in [6.07, 6.45) is 3.29. The fourth-order valence-electron chi connectivity index (χ4n) is 4.68. The van der Waals surface area contributed by atoms with Gasteiger partial charge in [0.15, 0.2) is 0 Å². The molecular weight excluding hydrogens is 447 g/mol. The fraction of sp³-hybridized carbons (Fsp3) is 0.440. The van der Waals surface area contributed by atoms with Crippen LogP contribution in [-0.2, 0) is 14.9 Å². The molecule has 32 heavy (non-hydrogen) atoms. The van der Waals surface area contributed by atoms with Gasteiger partial charge in [-0.2, -0.15) is 0 Å².